The van der Waals surface area contributed by atoms with Gasteiger partial charge in [0.25, 0.3) is 0 Å². The molecule has 2 heteroatoms. The maximum atomic E-state index is 3.81. The Labute approximate surface area is 127 Å². The SMILES string of the molecule is CCCNC1CCC(CCC)CC1N(C)CCC(C)C. The second-order valence-electron chi connectivity index (χ2n) is 7.26. The molecule has 120 valence electrons. The summed E-state index contributed by atoms with van der Waals surface area (Å²) in [7, 11) is 2.35. The van der Waals surface area contributed by atoms with Gasteiger partial charge in [0, 0.05) is 12.1 Å². The van der Waals surface area contributed by atoms with Gasteiger partial charge in [-0.2, -0.15) is 0 Å². The van der Waals surface area contributed by atoms with Gasteiger partial charge in [-0.3, -0.25) is 0 Å². The van der Waals surface area contributed by atoms with Crippen LogP contribution in [0.1, 0.15) is 72.6 Å². The zero-order valence-corrected chi connectivity index (χ0v) is 14.6. The molecule has 1 aliphatic carbocycles. The zero-order chi connectivity index (χ0) is 15.0. The fourth-order valence-corrected chi connectivity index (χ4v) is 3.58. The van der Waals surface area contributed by atoms with Gasteiger partial charge in [-0.15, -0.1) is 0 Å². The molecule has 0 heterocycles. The van der Waals surface area contributed by atoms with Crippen molar-refractivity contribution in [3.8, 4) is 0 Å². The molecule has 1 N–H and O–H groups in total. The molecule has 1 aliphatic rings. The van der Waals surface area contributed by atoms with Gasteiger partial charge in [0.2, 0.25) is 0 Å². The minimum absolute atomic E-state index is 0.722. The Morgan fingerprint density at radius 3 is 2.50 bits per heavy atom. The van der Waals surface area contributed by atoms with Crippen LogP contribution in [0.25, 0.3) is 0 Å². The van der Waals surface area contributed by atoms with Gasteiger partial charge < -0.3 is 10.2 Å². The van der Waals surface area contributed by atoms with E-state index in [0.29, 0.717) is 0 Å². The fourth-order valence-electron chi connectivity index (χ4n) is 3.58. The van der Waals surface area contributed by atoms with Gasteiger partial charge in [0.15, 0.2) is 0 Å². The lowest BCUT2D eigenvalue weighted by atomic mass is 9.79. The summed E-state index contributed by atoms with van der Waals surface area (Å²) >= 11 is 0. The molecule has 0 radical (unpaired) electrons. The molecule has 1 saturated carbocycles. The molecule has 0 saturated heterocycles. The number of hydrogen-bond acceptors (Lipinski definition) is 2. The number of hydrogen-bond donors (Lipinski definition) is 1. The van der Waals surface area contributed by atoms with Crippen molar-refractivity contribution in [3.63, 3.8) is 0 Å². The van der Waals surface area contributed by atoms with Crippen LogP contribution in [-0.2, 0) is 0 Å². The molecular weight excluding hydrogens is 244 g/mol. The van der Waals surface area contributed by atoms with Crippen molar-refractivity contribution in [3.05, 3.63) is 0 Å². The Hall–Kier alpha value is -0.0800. The number of nitrogens with one attached hydrogen (secondary N) is 1. The highest BCUT2D eigenvalue weighted by molar-refractivity contribution is 4.90. The van der Waals surface area contributed by atoms with Gasteiger partial charge >= 0.3 is 0 Å². The Morgan fingerprint density at radius 1 is 1.15 bits per heavy atom. The molecule has 0 aromatic rings. The van der Waals surface area contributed by atoms with Gasteiger partial charge in [-0.25, -0.2) is 0 Å². The van der Waals surface area contributed by atoms with Crippen molar-refractivity contribution >= 4 is 0 Å². The highest BCUT2D eigenvalue weighted by atomic mass is 15.2. The molecule has 1 fully saturated rings. The quantitative estimate of drug-likeness (QED) is 0.678. The van der Waals surface area contributed by atoms with E-state index in [2.05, 4.69) is 45.0 Å². The molecule has 0 bridgehead atoms. The molecule has 0 aromatic carbocycles. The summed E-state index contributed by atoms with van der Waals surface area (Å²) in [5.41, 5.74) is 0. The molecule has 0 spiro atoms. The molecule has 3 atom stereocenters. The monoisotopic (exact) mass is 282 g/mol. The summed E-state index contributed by atoms with van der Waals surface area (Å²) in [6.45, 7) is 11.7. The average molecular weight is 283 g/mol. The molecule has 0 aliphatic heterocycles. The van der Waals surface area contributed by atoms with Crippen LogP contribution in [0.15, 0.2) is 0 Å². The van der Waals surface area contributed by atoms with Crippen LogP contribution in [0.2, 0.25) is 0 Å². The van der Waals surface area contributed by atoms with E-state index in [4.69, 9.17) is 0 Å². The molecular formula is C18H38N2. The van der Waals surface area contributed by atoms with E-state index >= 15 is 0 Å². The molecule has 20 heavy (non-hydrogen) atoms. The summed E-state index contributed by atoms with van der Waals surface area (Å²) in [4.78, 5) is 2.65. The van der Waals surface area contributed by atoms with Gasteiger partial charge in [-0.05, 0) is 64.1 Å². The lowest BCUT2D eigenvalue weighted by Crippen LogP contribution is -2.52. The van der Waals surface area contributed by atoms with E-state index in [9.17, 15) is 0 Å². The maximum Gasteiger partial charge on any atom is 0.0248 e. The van der Waals surface area contributed by atoms with Crippen LogP contribution in [0.3, 0.4) is 0 Å². The first-order valence-electron chi connectivity index (χ1n) is 9.02. The van der Waals surface area contributed by atoms with E-state index in [1.807, 2.05) is 0 Å². The standard InChI is InChI=1S/C18H38N2/c1-6-8-16-9-10-17(19-12-7-2)18(14-16)20(5)13-11-15(3)4/h15-19H,6-14H2,1-5H3. The van der Waals surface area contributed by atoms with Gasteiger partial charge in [0.1, 0.15) is 0 Å². The van der Waals surface area contributed by atoms with E-state index in [1.165, 1.54) is 58.0 Å². The molecule has 0 amide bonds. The lowest BCUT2D eigenvalue weighted by molar-refractivity contribution is 0.112. The molecule has 3 unspecified atom stereocenters. The van der Waals surface area contributed by atoms with Crippen LogP contribution in [-0.4, -0.2) is 37.1 Å². The Kier molecular flexibility index (Phi) is 8.79. The van der Waals surface area contributed by atoms with Crippen molar-refractivity contribution in [2.45, 2.75) is 84.7 Å². The Morgan fingerprint density at radius 2 is 1.90 bits per heavy atom. The summed E-state index contributed by atoms with van der Waals surface area (Å²) in [6, 6.07) is 1.48. The highest BCUT2D eigenvalue weighted by Gasteiger charge is 2.32. The van der Waals surface area contributed by atoms with Crippen molar-refractivity contribution in [1.82, 2.24) is 10.2 Å². The average Bonchev–Trinajstić information content (AvgIpc) is 2.43. The van der Waals surface area contributed by atoms with Crippen molar-refractivity contribution < 1.29 is 0 Å². The third-order valence-corrected chi connectivity index (χ3v) is 4.90. The predicted octanol–water partition coefficient (Wildman–Crippen LogP) is 4.30. The van der Waals surface area contributed by atoms with Gasteiger partial charge in [-0.1, -0.05) is 40.5 Å². The smallest absolute Gasteiger partial charge is 0.0248 e. The normalized spacial score (nSPS) is 27.4. The second kappa shape index (κ2) is 9.78. The third-order valence-electron chi connectivity index (χ3n) is 4.90. The van der Waals surface area contributed by atoms with E-state index in [-0.39, 0.29) is 0 Å². The minimum Gasteiger partial charge on any atom is -0.312 e. The maximum absolute atomic E-state index is 3.81. The second-order valence-corrected chi connectivity index (χ2v) is 7.26. The molecule has 1 rings (SSSR count). The minimum atomic E-state index is 0.722. The first-order chi connectivity index (χ1) is 9.58. The van der Waals surface area contributed by atoms with Crippen LogP contribution in [0.5, 0.6) is 0 Å². The van der Waals surface area contributed by atoms with Gasteiger partial charge in [0.05, 0.1) is 0 Å². The lowest BCUT2D eigenvalue weighted by Gasteiger charge is -2.42. The zero-order valence-electron chi connectivity index (χ0n) is 14.6. The topological polar surface area (TPSA) is 15.3 Å². The largest absolute Gasteiger partial charge is 0.312 e. The fraction of sp³-hybridized carbons (Fsp3) is 1.00. The first-order valence-corrected chi connectivity index (χ1v) is 9.02. The van der Waals surface area contributed by atoms with Crippen molar-refractivity contribution in [2.75, 3.05) is 20.1 Å². The van der Waals surface area contributed by atoms with E-state index in [1.54, 1.807) is 0 Å². The van der Waals surface area contributed by atoms with E-state index < -0.39 is 0 Å². The number of likely N-dealkylation sites (N-methyl/N-ethyl adjacent to an activating group) is 1. The van der Waals surface area contributed by atoms with Crippen LogP contribution < -0.4 is 5.32 Å². The first kappa shape index (κ1) is 18.0. The Balaban J connectivity index is 2.55. The van der Waals surface area contributed by atoms with E-state index in [0.717, 1.165) is 23.9 Å². The summed E-state index contributed by atoms with van der Waals surface area (Å²) in [5.74, 6) is 1.78. The summed E-state index contributed by atoms with van der Waals surface area (Å²) in [6.07, 6.45) is 9.56. The summed E-state index contributed by atoms with van der Waals surface area (Å²) in [5, 5.41) is 3.81. The highest BCUT2D eigenvalue weighted by Crippen LogP contribution is 2.31. The van der Waals surface area contributed by atoms with Crippen LogP contribution in [0.4, 0.5) is 0 Å². The third kappa shape index (κ3) is 6.13. The van der Waals surface area contributed by atoms with Crippen LogP contribution in [0, 0.1) is 11.8 Å². The Bertz CT molecular complexity index is 240. The van der Waals surface area contributed by atoms with Crippen molar-refractivity contribution in [2.24, 2.45) is 11.8 Å². The predicted molar refractivity (Wildman–Crippen MR) is 90.2 cm³/mol. The van der Waals surface area contributed by atoms with Crippen LogP contribution >= 0.6 is 0 Å². The molecule has 0 aromatic heterocycles. The molecule has 2 nitrogen and oxygen atoms in total. The number of nitrogens with zero attached hydrogens (tertiary/aromatic N) is 1. The summed E-state index contributed by atoms with van der Waals surface area (Å²) < 4.78 is 0. The van der Waals surface area contributed by atoms with Crippen molar-refractivity contribution in [1.29, 1.82) is 0 Å². The number of rotatable bonds is 9.